The molecule has 0 aliphatic heterocycles. The van der Waals surface area contributed by atoms with Crippen LogP contribution in [0.25, 0.3) is 0 Å². The van der Waals surface area contributed by atoms with Gasteiger partial charge in [0, 0.05) is 16.9 Å². The lowest BCUT2D eigenvalue weighted by atomic mass is 10.0. The molecular formula is C21H20N2O. The van der Waals surface area contributed by atoms with Crippen LogP contribution in [0.4, 0.5) is 11.4 Å². The number of amides is 1. The second kappa shape index (κ2) is 7.01. The minimum absolute atomic E-state index is 0.0464. The van der Waals surface area contributed by atoms with Crippen LogP contribution in [-0.2, 0) is 6.54 Å². The van der Waals surface area contributed by atoms with Crippen LogP contribution in [0.2, 0.25) is 0 Å². The fourth-order valence-electron chi connectivity index (χ4n) is 2.68. The standard InChI is InChI=1S/C21H20N2O/c1-16-19(13-8-14-20(16)22)21(24)23(18-11-6-3-7-12-18)15-17-9-4-2-5-10-17/h2-14H,15,22H2,1H3. The van der Waals surface area contributed by atoms with E-state index in [1.54, 1.807) is 4.90 Å². The van der Waals surface area contributed by atoms with Gasteiger partial charge in [0.1, 0.15) is 0 Å². The Morgan fingerprint density at radius 2 is 1.50 bits per heavy atom. The Bertz CT molecular complexity index is 829. The van der Waals surface area contributed by atoms with E-state index in [1.165, 1.54) is 0 Å². The molecule has 3 aromatic carbocycles. The maximum absolute atomic E-state index is 13.2. The molecule has 0 radical (unpaired) electrons. The van der Waals surface area contributed by atoms with E-state index in [2.05, 4.69) is 0 Å². The molecule has 2 N–H and O–H groups in total. The largest absolute Gasteiger partial charge is 0.398 e. The Kier molecular flexibility index (Phi) is 4.62. The Labute approximate surface area is 142 Å². The molecule has 0 aromatic heterocycles. The number of nitrogen functional groups attached to an aromatic ring is 1. The van der Waals surface area contributed by atoms with Crippen molar-refractivity contribution < 1.29 is 4.79 Å². The second-order valence-corrected chi connectivity index (χ2v) is 5.73. The predicted octanol–water partition coefficient (Wildman–Crippen LogP) is 4.42. The molecule has 0 bridgehead atoms. The van der Waals surface area contributed by atoms with Gasteiger partial charge in [0.25, 0.3) is 5.91 Å². The maximum Gasteiger partial charge on any atom is 0.258 e. The summed E-state index contributed by atoms with van der Waals surface area (Å²) in [5, 5.41) is 0. The average molecular weight is 316 g/mol. The van der Waals surface area contributed by atoms with E-state index in [0.29, 0.717) is 17.8 Å². The van der Waals surface area contributed by atoms with E-state index >= 15 is 0 Å². The molecule has 3 heteroatoms. The Morgan fingerprint density at radius 3 is 2.17 bits per heavy atom. The summed E-state index contributed by atoms with van der Waals surface area (Å²) in [5.41, 5.74) is 10.0. The van der Waals surface area contributed by atoms with Crippen molar-refractivity contribution in [1.82, 2.24) is 0 Å². The zero-order chi connectivity index (χ0) is 16.9. The highest BCUT2D eigenvalue weighted by atomic mass is 16.2. The van der Waals surface area contributed by atoms with Crippen molar-refractivity contribution in [2.24, 2.45) is 0 Å². The van der Waals surface area contributed by atoms with Crippen molar-refractivity contribution in [3.63, 3.8) is 0 Å². The normalized spacial score (nSPS) is 10.4. The Hall–Kier alpha value is -3.07. The van der Waals surface area contributed by atoms with Gasteiger partial charge in [0.2, 0.25) is 0 Å². The van der Waals surface area contributed by atoms with E-state index in [9.17, 15) is 4.79 Å². The van der Waals surface area contributed by atoms with Crippen molar-refractivity contribution in [2.75, 3.05) is 10.6 Å². The van der Waals surface area contributed by atoms with E-state index < -0.39 is 0 Å². The first-order valence-corrected chi connectivity index (χ1v) is 7.93. The average Bonchev–Trinajstić information content (AvgIpc) is 2.63. The van der Waals surface area contributed by atoms with E-state index in [4.69, 9.17) is 5.73 Å². The fourth-order valence-corrected chi connectivity index (χ4v) is 2.68. The SMILES string of the molecule is Cc1c(N)cccc1C(=O)N(Cc1ccccc1)c1ccccc1. The molecule has 0 fully saturated rings. The number of hydrogen-bond acceptors (Lipinski definition) is 2. The number of anilines is 2. The number of carbonyl (C=O) groups is 1. The molecule has 3 aromatic rings. The van der Waals surface area contributed by atoms with Gasteiger partial charge in [-0.2, -0.15) is 0 Å². The summed E-state index contributed by atoms with van der Waals surface area (Å²) in [6.07, 6.45) is 0. The number of rotatable bonds is 4. The Morgan fingerprint density at radius 1 is 0.875 bits per heavy atom. The minimum Gasteiger partial charge on any atom is -0.398 e. The summed E-state index contributed by atoms with van der Waals surface area (Å²) >= 11 is 0. The third-order valence-corrected chi connectivity index (χ3v) is 4.10. The first kappa shape index (κ1) is 15.8. The first-order valence-electron chi connectivity index (χ1n) is 7.93. The van der Waals surface area contributed by atoms with E-state index in [-0.39, 0.29) is 5.91 Å². The highest BCUT2D eigenvalue weighted by Gasteiger charge is 2.20. The molecule has 24 heavy (non-hydrogen) atoms. The maximum atomic E-state index is 13.2. The zero-order valence-electron chi connectivity index (χ0n) is 13.6. The lowest BCUT2D eigenvalue weighted by molar-refractivity contribution is 0.0984. The van der Waals surface area contributed by atoms with Gasteiger partial charge >= 0.3 is 0 Å². The molecule has 0 heterocycles. The van der Waals surface area contributed by atoms with Crippen LogP contribution < -0.4 is 10.6 Å². The summed E-state index contributed by atoms with van der Waals surface area (Å²) in [4.78, 5) is 15.0. The monoisotopic (exact) mass is 316 g/mol. The molecular weight excluding hydrogens is 296 g/mol. The third kappa shape index (κ3) is 3.30. The van der Waals surface area contributed by atoms with Gasteiger partial charge in [0.05, 0.1) is 6.54 Å². The Balaban J connectivity index is 2.01. The lowest BCUT2D eigenvalue weighted by Crippen LogP contribution is -2.31. The molecule has 0 saturated heterocycles. The van der Waals surface area contributed by atoms with Crippen LogP contribution in [0.15, 0.2) is 78.9 Å². The quantitative estimate of drug-likeness (QED) is 0.724. The molecule has 0 aliphatic rings. The van der Waals surface area contributed by atoms with Crippen LogP contribution in [0.5, 0.6) is 0 Å². The van der Waals surface area contributed by atoms with E-state index in [0.717, 1.165) is 16.8 Å². The summed E-state index contributed by atoms with van der Waals surface area (Å²) in [6.45, 7) is 2.40. The molecule has 120 valence electrons. The van der Waals surface area contributed by atoms with Gasteiger partial charge in [0.15, 0.2) is 0 Å². The highest BCUT2D eigenvalue weighted by molar-refractivity contribution is 6.07. The lowest BCUT2D eigenvalue weighted by Gasteiger charge is -2.24. The summed E-state index contributed by atoms with van der Waals surface area (Å²) < 4.78 is 0. The van der Waals surface area contributed by atoms with Crippen LogP contribution in [0.1, 0.15) is 21.5 Å². The molecule has 3 nitrogen and oxygen atoms in total. The van der Waals surface area contributed by atoms with Crippen molar-refractivity contribution in [2.45, 2.75) is 13.5 Å². The number of nitrogens with zero attached hydrogens (tertiary/aromatic N) is 1. The van der Waals surface area contributed by atoms with Crippen molar-refractivity contribution in [3.05, 3.63) is 95.6 Å². The topological polar surface area (TPSA) is 46.3 Å². The number of benzene rings is 3. The highest BCUT2D eigenvalue weighted by Crippen LogP contribution is 2.23. The van der Waals surface area contributed by atoms with Gasteiger partial charge in [-0.15, -0.1) is 0 Å². The minimum atomic E-state index is -0.0464. The van der Waals surface area contributed by atoms with Crippen LogP contribution in [-0.4, -0.2) is 5.91 Å². The summed E-state index contributed by atoms with van der Waals surface area (Å²) in [5.74, 6) is -0.0464. The van der Waals surface area contributed by atoms with Gasteiger partial charge in [-0.05, 0) is 42.3 Å². The van der Waals surface area contributed by atoms with Gasteiger partial charge < -0.3 is 10.6 Å². The summed E-state index contributed by atoms with van der Waals surface area (Å²) in [7, 11) is 0. The number of hydrogen-bond donors (Lipinski definition) is 1. The van der Waals surface area contributed by atoms with Crippen LogP contribution in [0.3, 0.4) is 0 Å². The smallest absolute Gasteiger partial charge is 0.258 e. The third-order valence-electron chi connectivity index (χ3n) is 4.10. The van der Waals surface area contributed by atoms with Crippen LogP contribution in [0, 0.1) is 6.92 Å². The molecule has 0 aliphatic carbocycles. The second-order valence-electron chi connectivity index (χ2n) is 5.73. The van der Waals surface area contributed by atoms with Crippen molar-refractivity contribution >= 4 is 17.3 Å². The predicted molar refractivity (Wildman–Crippen MR) is 99.0 cm³/mol. The van der Waals surface area contributed by atoms with Crippen molar-refractivity contribution in [1.29, 1.82) is 0 Å². The molecule has 0 spiro atoms. The summed E-state index contributed by atoms with van der Waals surface area (Å²) in [6, 6.07) is 25.2. The molecule has 0 unspecified atom stereocenters. The number of nitrogens with two attached hydrogens (primary N) is 1. The number of carbonyl (C=O) groups excluding carboxylic acids is 1. The van der Waals surface area contributed by atoms with Crippen LogP contribution >= 0.6 is 0 Å². The first-order chi connectivity index (χ1) is 11.7. The van der Waals surface area contributed by atoms with Gasteiger partial charge in [-0.25, -0.2) is 0 Å². The fraction of sp³-hybridized carbons (Fsp3) is 0.0952. The molecule has 1 amide bonds. The van der Waals surface area contributed by atoms with Crippen molar-refractivity contribution in [3.8, 4) is 0 Å². The number of para-hydroxylation sites is 1. The molecule has 0 saturated carbocycles. The van der Waals surface area contributed by atoms with E-state index in [1.807, 2.05) is 85.8 Å². The molecule has 0 atom stereocenters. The van der Waals surface area contributed by atoms with Gasteiger partial charge in [-0.1, -0.05) is 54.6 Å². The zero-order valence-corrected chi connectivity index (χ0v) is 13.6. The molecule has 3 rings (SSSR count). The van der Waals surface area contributed by atoms with Gasteiger partial charge in [-0.3, -0.25) is 4.79 Å².